The van der Waals surface area contributed by atoms with E-state index < -0.39 is 10.0 Å². The number of sulfonamides is 1. The first-order chi connectivity index (χ1) is 9.40. The average Bonchev–Trinajstić information content (AvgIpc) is 2.43. The predicted octanol–water partition coefficient (Wildman–Crippen LogP) is 2.46. The molecule has 0 unspecified atom stereocenters. The highest BCUT2D eigenvalue weighted by molar-refractivity contribution is 7.89. The standard InChI is InChI=1S/C15H25NO3S/c1-4-5-6-15(13(3)11-17)16-20(18,19)14-9-7-12(2)8-10-14/h7-10,13,15-17H,4-6,11H2,1-3H3/t13-,15-/m0/s1. The quantitative estimate of drug-likeness (QED) is 0.775. The first kappa shape index (κ1) is 17.1. The SMILES string of the molecule is CCCC[C@H](NS(=O)(=O)c1ccc(C)cc1)[C@@H](C)CO. The molecule has 1 rings (SSSR count). The van der Waals surface area contributed by atoms with Gasteiger partial charge in [0, 0.05) is 12.6 Å². The Labute approximate surface area is 122 Å². The van der Waals surface area contributed by atoms with E-state index in [-0.39, 0.29) is 23.5 Å². The number of hydrogen-bond acceptors (Lipinski definition) is 3. The molecule has 0 aliphatic rings. The Hall–Kier alpha value is -0.910. The predicted molar refractivity (Wildman–Crippen MR) is 81.1 cm³/mol. The van der Waals surface area contributed by atoms with E-state index in [2.05, 4.69) is 11.6 Å². The van der Waals surface area contributed by atoms with Crippen molar-refractivity contribution in [2.75, 3.05) is 6.61 Å². The number of aliphatic hydroxyl groups is 1. The van der Waals surface area contributed by atoms with Crippen LogP contribution in [0, 0.1) is 12.8 Å². The summed E-state index contributed by atoms with van der Waals surface area (Å²) >= 11 is 0. The molecule has 5 heteroatoms. The van der Waals surface area contributed by atoms with Crippen LogP contribution in [0.4, 0.5) is 0 Å². The summed E-state index contributed by atoms with van der Waals surface area (Å²) in [5, 5.41) is 9.27. The van der Waals surface area contributed by atoms with Crippen LogP contribution in [0.25, 0.3) is 0 Å². The number of hydrogen-bond donors (Lipinski definition) is 2. The zero-order valence-corrected chi connectivity index (χ0v) is 13.3. The van der Waals surface area contributed by atoms with Gasteiger partial charge in [-0.15, -0.1) is 0 Å². The van der Waals surface area contributed by atoms with Crippen LogP contribution in [-0.4, -0.2) is 26.2 Å². The van der Waals surface area contributed by atoms with Crippen LogP contribution in [-0.2, 0) is 10.0 Å². The summed E-state index contributed by atoms with van der Waals surface area (Å²) in [6, 6.07) is 6.55. The summed E-state index contributed by atoms with van der Waals surface area (Å²) in [6.07, 6.45) is 2.68. The topological polar surface area (TPSA) is 66.4 Å². The van der Waals surface area contributed by atoms with Crippen molar-refractivity contribution in [3.8, 4) is 0 Å². The Morgan fingerprint density at radius 2 is 1.85 bits per heavy atom. The van der Waals surface area contributed by atoms with Gasteiger partial charge >= 0.3 is 0 Å². The molecule has 114 valence electrons. The second kappa shape index (κ2) is 7.76. The van der Waals surface area contributed by atoms with Crippen molar-refractivity contribution in [3.05, 3.63) is 29.8 Å². The van der Waals surface area contributed by atoms with Crippen LogP contribution in [0.15, 0.2) is 29.2 Å². The summed E-state index contributed by atoms with van der Waals surface area (Å²) in [7, 11) is -3.52. The van der Waals surface area contributed by atoms with E-state index in [1.807, 2.05) is 13.8 Å². The Morgan fingerprint density at radius 1 is 1.25 bits per heavy atom. The minimum absolute atomic E-state index is 0.0230. The van der Waals surface area contributed by atoms with Gasteiger partial charge in [-0.1, -0.05) is 44.4 Å². The van der Waals surface area contributed by atoms with Crippen molar-refractivity contribution in [2.45, 2.75) is 51.0 Å². The zero-order chi connectivity index (χ0) is 15.2. The number of benzene rings is 1. The van der Waals surface area contributed by atoms with Gasteiger partial charge < -0.3 is 5.11 Å². The minimum atomic E-state index is -3.52. The summed E-state index contributed by atoms with van der Waals surface area (Å²) in [4.78, 5) is 0.273. The zero-order valence-electron chi connectivity index (χ0n) is 12.5. The van der Waals surface area contributed by atoms with Crippen LogP contribution < -0.4 is 4.72 Å². The fraction of sp³-hybridized carbons (Fsp3) is 0.600. The number of rotatable bonds is 8. The molecular formula is C15H25NO3S. The van der Waals surface area contributed by atoms with E-state index in [9.17, 15) is 13.5 Å². The van der Waals surface area contributed by atoms with E-state index in [0.717, 1.165) is 24.8 Å². The molecule has 0 bridgehead atoms. The monoisotopic (exact) mass is 299 g/mol. The van der Waals surface area contributed by atoms with Crippen molar-refractivity contribution >= 4 is 10.0 Å². The molecule has 2 atom stereocenters. The molecule has 0 aromatic heterocycles. The Kier molecular flexibility index (Phi) is 6.65. The average molecular weight is 299 g/mol. The number of nitrogens with one attached hydrogen (secondary N) is 1. The minimum Gasteiger partial charge on any atom is -0.396 e. The molecule has 2 N–H and O–H groups in total. The molecule has 0 saturated heterocycles. The molecule has 0 amide bonds. The van der Waals surface area contributed by atoms with Gasteiger partial charge in [0.1, 0.15) is 0 Å². The molecule has 0 saturated carbocycles. The number of aliphatic hydroxyl groups excluding tert-OH is 1. The lowest BCUT2D eigenvalue weighted by Gasteiger charge is -2.23. The van der Waals surface area contributed by atoms with Crippen LogP contribution in [0.3, 0.4) is 0 Å². The summed E-state index contributed by atoms with van der Waals surface area (Å²) in [5.41, 5.74) is 1.02. The maximum Gasteiger partial charge on any atom is 0.240 e. The van der Waals surface area contributed by atoms with Gasteiger partial charge in [0.2, 0.25) is 10.0 Å². The third-order valence-electron chi connectivity index (χ3n) is 3.48. The molecule has 0 aliphatic heterocycles. The summed E-state index contributed by atoms with van der Waals surface area (Å²) < 4.78 is 27.4. The Bertz CT molecular complexity index is 496. The van der Waals surface area contributed by atoms with Crippen LogP contribution in [0.2, 0.25) is 0 Å². The van der Waals surface area contributed by atoms with Crippen molar-refractivity contribution in [3.63, 3.8) is 0 Å². The molecule has 20 heavy (non-hydrogen) atoms. The molecule has 0 heterocycles. The third kappa shape index (κ3) is 4.89. The smallest absolute Gasteiger partial charge is 0.240 e. The van der Waals surface area contributed by atoms with E-state index in [1.165, 1.54) is 0 Å². The fourth-order valence-electron chi connectivity index (χ4n) is 2.00. The first-order valence-corrected chi connectivity index (χ1v) is 8.59. The molecule has 0 aliphatic carbocycles. The van der Waals surface area contributed by atoms with Crippen molar-refractivity contribution in [2.24, 2.45) is 5.92 Å². The van der Waals surface area contributed by atoms with Gasteiger partial charge in [0.15, 0.2) is 0 Å². The normalized spacial score (nSPS) is 15.0. The lowest BCUT2D eigenvalue weighted by Crippen LogP contribution is -2.40. The number of unbranched alkanes of at least 4 members (excludes halogenated alkanes) is 1. The number of aryl methyl sites for hydroxylation is 1. The summed E-state index contributed by atoms with van der Waals surface area (Å²) in [5.74, 6) is -0.0956. The van der Waals surface area contributed by atoms with Crippen LogP contribution >= 0.6 is 0 Å². The molecule has 0 fully saturated rings. The van der Waals surface area contributed by atoms with E-state index in [1.54, 1.807) is 24.3 Å². The van der Waals surface area contributed by atoms with E-state index >= 15 is 0 Å². The molecule has 1 aromatic carbocycles. The highest BCUT2D eigenvalue weighted by Crippen LogP contribution is 2.16. The second-order valence-corrected chi connectivity index (χ2v) is 7.06. The van der Waals surface area contributed by atoms with E-state index in [4.69, 9.17) is 0 Å². The second-order valence-electron chi connectivity index (χ2n) is 5.34. The maximum absolute atomic E-state index is 12.3. The van der Waals surface area contributed by atoms with Gasteiger partial charge in [-0.05, 0) is 31.4 Å². The highest BCUT2D eigenvalue weighted by Gasteiger charge is 2.23. The third-order valence-corrected chi connectivity index (χ3v) is 4.99. The molecule has 0 spiro atoms. The molecular weight excluding hydrogens is 274 g/mol. The molecule has 1 aromatic rings. The van der Waals surface area contributed by atoms with Crippen molar-refractivity contribution in [1.82, 2.24) is 4.72 Å². The summed E-state index contributed by atoms with van der Waals surface area (Å²) in [6.45, 7) is 5.82. The van der Waals surface area contributed by atoms with E-state index in [0.29, 0.717) is 0 Å². The highest BCUT2D eigenvalue weighted by atomic mass is 32.2. The lowest BCUT2D eigenvalue weighted by molar-refractivity contribution is 0.205. The van der Waals surface area contributed by atoms with Crippen LogP contribution in [0.5, 0.6) is 0 Å². The van der Waals surface area contributed by atoms with Gasteiger partial charge in [-0.25, -0.2) is 13.1 Å². The largest absolute Gasteiger partial charge is 0.396 e. The van der Waals surface area contributed by atoms with Crippen LogP contribution in [0.1, 0.15) is 38.7 Å². The first-order valence-electron chi connectivity index (χ1n) is 7.10. The Morgan fingerprint density at radius 3 is 2.35 bits per heavy atom. The maximum atomic E-state index is 12.3. The van der Waals surface area contributed by atoms with Gasteiger partial charge in [0.25, 0.3) is 0 Å². The molecule has 0 radical (unpaired) electrons. The Balaban J connectivity index is 2.87. The van der Waals surface area contributed by atoms with Crippen molar-refractivity contribution < 1.29 is 13.5 Å². The van der Waals surface area contributed by atoms with Crippen molar-refractivity contribution in [1.29, 1.82) is 0 Å². The lowest BCUT2D eigenvalue weighted by atomic mass is 9.99. The molecule has 4 nitrogen and oxygen atoms in total. The van der Waals surface area contributed by atoms with Gasteiger partial charge in [-0.2, -0.15) is 0 Å². The van der Waals surface area contributed by atoms with Gasteiger partial charge in [0.05, 0.1) is 4.90 Å². The fourth-order valence-corrected chi connectivity index (χ4v) is 3.37. The van der Waals surface area contributed by atoms with Gasteiger partial charge in [-0.3, -0.25) is 0 Å².